The van der Waals surface area contributed by atoms with E-state index in [-0.39, 0.29) is 4.77 Å². The van der Waals surface area contributed by atoms with Crippen LogP contribution >= 0.6 is 23.6 Å². The van der Waals surface area contributed by atoms with Gasteiger partial charge in [0.15, 0.2) is 4.77 Å². The largest absolute Gasteiger partial charge is 0.390 e. The first kappa shape index (κ1) is 14.3. The molecule has 3 nitrogen and oxygen atoms in total. The van der Waals surface area contributed by atoms with E-state index >= 15 is 0 Å². The summed E-state index contributed by atoms with van der Waals surface area (Å²) >= 11 is 6.34. The van der Waals surface area contributed by atoms with Gasteiger partial charge in [-0.15, -0.1) is 11.3 Å². The van der Waals surface area contributed by atoms with E-state index < -0.39 is 24.7 Å². The van der Waals surface area contributed by atoms with Crippen LogP contribution < -0.4 is 5.56 Å². The van der Waals surface area contributed by atoms with Crippen LogP contribution in [0.2, 0.25) is 0 Å². The Morgan fingerprint density at radius 2 is 2.00 bits per heavy atom. The second kappa shape index (κ2) is 4.75. The number of aromatic nitrogens is 2. The quantitative estimate of drug-likeness (QED) is 0.859. The number of halogens is 3. The molecule has 104 valence electrons. The lowest BCUT2D eigenvalue weighted by molar-refractivity contribution is -0.136. The molecular formula is C11H11F3N2OS2. The van der Waals surface area contributed by atoms with E-state index in [4.69, 9.17) is 12.2 Å². The summed E-state index contributed by atoms with van der Waals surface area (Å²) in [5, 5.41) is 0.429. The maximum absolute atomic E-state index is 12.2. The van der Waals surface area contributed by atoms with Gasteiger partial charge in [-0.1, -0.05) is 0 Å². The minimum Gasteiger partial charge on any atom is -0.323 e. The fourth-order valence-corrected chi connectivity index (χ4v) is 3.20. The lowest BCUT2D eigenvalue weighted by atomic mass is 10.2. The van der Waals surface area contributed by atoms with Crippen molar-refractivity contribution in [3.8, 4) is 0 Å². The Labute approximate surface area is 115 Å². The number of nitrogens with zero attached hydrogens (tertiary/aromatic N) is 1. The molecule has 0 unspecified atom stereocenters. The SMILES string of the molecule is Cc1sc2[nH]c(=S)n(CCC(F)(F)F)c(=O)c2c1C. The number of rotatable bonds is 2. The normalized spacial score (nSPS) is 12.3. The summed E-state index contributed by atoms with van der Waals surface area (Å²) in [6.07, 6.45) is -5.38. The average Bonchev–Trinajstić information content (AvgIpc) is 2.52. The number of fused-ring (bicyclic) bond motifs is 1. The van der Waals surface area contributed by atoms with Crippen molar-refractivity contribution in [2.45, 2.75) is 33.0 Å². The number of alkyl halides is 3. The zero-order valence-electron chi connectivity index (χ0n) is 10.2. The number of H-pyrrole nitrogens is 1. The number of aromatic amines is 1. The Kier molecular flexibility index (Phi) is 3.57. The predicted molar refractivity (Wildman–Crippen MR) is 71.4 cm³/mol. The van der Waals surface area contributed by atoms with Crippen molar-refractivity contribution >= 4 is 33.8 Å². The molecule has 2 aromatic heterocycles. The van der Waals surface area contributed by atoms with E-state index in [0.717, 1.165) is 15.0 Å². The minimum absolute atomic E-state index is 0.0306. The molecule has 8 heteroatoms. The van der Waals surface area contributed by atoms with Crippen LogP contribution in [0.3, 0.4) is 0 Å². The third kappa shape index (κ3) is 2.74. The van der Waals surface area contributed by atoms with Crippen LogP contribution in [0.1, 0.15) is 16.9 Å². The van der Waals surface area contributed by atoms with Crippen LogP contribution in [-0.4, -0.2) is 15.7 Å². The Morgan fingerprint density at radius 1 is 1.37 bits per heavy atom. The van der Waals surface area contributed by atoms with E-state index in [2.05, 4.69) is 4.98 Å². The van der Waals surface area contributed by atoms with Crippen molar-refractivity contribution in [1.29, 1.82) is 0 Å². The summed E-state index contributed by atoms with van der Waals surface area (Å²) in [5.74, 6) is 0. The molecule has 0 aromatic carbocycles. The molecule has 1 N–H and O–H groups in total. The molecule has 0 radical (unpaired) electrons. The Balaban J connectivity index is 2.59. The second-order valence-electron chi connectivity index (χ2n) is 4.24. The summed E-state index contributed by atoms with van der Waals surface area (Å²) in [6.45, 7) is 3.18. The molecule has 0 saturated carbocycles. The smallest absolute Gasteiger partial charge is 0.323 e. The molecule has 0 spiro atoms. The molecule has 0 amide bonds. The molecule has 2 aromatic rings. The zero-order chi connectivity index (χ0) is 14.4. The molecule has 0 atom stereocenters. The lowest BCUT2D eigenvalue weighted by Gasteiger charge is -2.09. The Bertz CT molecular complexity index is 739. The van der Waals surface area contributed by atoms with Gasteiger partial charge in [-0.25, -0.2) is 0 Å². The summed E-state index contributed by atoms with van der Waals surface area (Å²) in [6, 6.07) is 0. The van der Waals surface area contributed by atoms with Crippen molar-refractivity contribution in [2.24, 2.45) is 0 Å². The van der Waals surface area contributed by atoms with E-state index in [1.165, 1.54) is 11.3 Å². The summed E-state index contributed by atoms with van der Waals surface area (Å²) in [4.78, 5) is 16.6. The van der Waals surface area contributed by atoms with E-state index in [1.54, 1.807) is 6.92 Å². The Hall–Kier alpha value is -1.15. The zero-order valence-corrected chi connectivity index (χ0v) is 11.9. The minimum atomic E-state index is -4.31. The molecule has 0 aliphatic rings. The van der Waals surface area contributed by atoms with E-state index in [0.29, 0.717) is 10.2 Å². The van der Waals surface area contributed by atoms with Gasteiger partial charge >= 0.3 is 6.18 Å². The first-order valence-corrected chi connectivity index (χ1v) is 6.73. The van der Waals surface area contributed by atoms with Crippen LogP contribution in [0.25, 0.3) is 10.2 Å². The number of nitrogens with one attached hydrogen (secondary N) is 1. The predicted octanol–water partition coefficient (Wildman–Crippen LogP) is 3.69. The van der Waals surface area contributed by atoms with Gasteiger partial charge in [-0.3, -0.25) is 9.36 Å². The van der Waals surface area contributed by atoms with Crippen LogP contribution in [-0.2, 0) is 6.54 Å². The van der Waals surface area contributed by atoms with E-state index in [1.807, 2.05) is 6.92 Å². The number of hydrogen-bond donors (Lipinski definition) is 1. The molecule has 2 rings (SSSR count). The number of thiophene rings is 1. The van der Waals surface area contributed by atoms with Crippen molar-refractivity contribution in [3.05, 3.63) is 25.6 Å². The molecule has 0 fully saturated rings. The van der Waals surface area contributed by atoms with Crippen molar-refractivity contribution in [2.75, 3.05) is 0 Å². The molecule has 19 heavy (non-hydrogen) atoms. The van der Waals surface area contributed by atoms with Crippen molar-refractivity contribution < 1.29 is 13.2 Å². The molecule has 0 aliphatic heterocycles. The van der Waals surface area contributed by atoms with Gasteiger partial charge in [0.05, 0.1) is 11.8 Å². The van der Waals surface area contributed by atoms with Crippen LogP contribution in [0, 0.1) is 18.6 Å². The fourth-order valence-electron chi connectivity index (χ4n) is 1.81. The van der Waals surface area contributed by atoms with Crippen LogP contribution in [0.4, 0.5) is 13.2 Å². The van der Waals surface area contributed by atoms with Gasteiger partial charge in [0, 0.05) is 11.4 Å². The van der Waals surface area contributed by atoms with Gasteiger partial charge in [-0.2, -0.15) is 13.2 Å². The summed E-state index contributed by atoms with van der Waals surface area (Å²) in [5.41, 5.74) is 0.335. The second-order valence-corrected chi connectivity index (χ2v) is 5.85. The lowest BCUT2D eigenvalue weighted by Crippen LogP contribution is -2.25. The van der Waals surface area contributed by atoms with Crippen LogP contribution in [0.5, 0.6) is 0 Å². The summed E-state index contributed by atoms with van der Waals surface area (Å²) < 4.78 is 37.7. The maximum Gasteiger partial charge on any atom is 0.390 e. The molecule has 2 heterocycles. The molecule has 0 bridgehead atoms. The van der Waals surface area contributed by atoms with Gasteiger partial charge in [0.2, 0.25) is 0 Å². The molecular weight excluding hydrogens is 297 g/mol. The topological polar surface area (TPSA) is 37.8 Å². The highest BCUT2D eigenvalue weighted by Crippen LogP contribution is 2.26. The average molecular weight is 308 g/mol. The fraction of sp³-hybridized carbons (Fsp3) is 0.455. The highest BCUT2D eigenvalue weighted by atomic mass is 32.1. The van der Waals surface area contributed by atoms with Crippen molar-refractivity contribution in [3.63, 3.8) is 0 Å². The van der Waals surface area contributed by atoms with E-state index in [9.17, 15) is 18.0 Å². The van der Waals surface area contributed by atoms with Gasteiger partial charge in [0.25, 0.3) is 5.56 Å². The molecule has 0 saturated heterocycles. The standard InChI is InChI=1S/C11H11F3N2OS2/c1-5-6(2)19-8-7(5)9(17)16(10(18)15-8)4-3-11(12,13)14/h3-4H2,1-2H3,(H,15,18). The first-order chi connectivity index (χ1) is 8.70. The number of aryl methyl sites for hydroxylation is 2. The first-order valence-electron chi connectivity index (χ1n) is 5.50. The van der Waals surface area contributed by atoms with Crippen LogP contribution in [0.15, 0.2) is 4.79 Å². The Morgan fingerprint density at radius 3 is 2.58 bits per heavy atom. The maximum atomic E-state index is 12.2. The molecule has 0 aliphatic carbocycles. The van der Waals surface area contributed by atoms with Gasteiger partial charge in [0.1, 0.15) is 4.83 Å². The highest BCUT2D eigenvalue weighted by Gasteiger charge is 2.27. The van der Waals surface area contributed by atoms with Gasteiger partial charge < -0.3 is 4.98 Å². The monoisotopic (exact) mass is 308 g/mol. The van der Waals surface area contributed by atoms with Crippen molar-refractivity contribution in [1.82, 2.24) is 9.55 Å². The number of hydrogen-bond acceptors (Lipinski definition) is 3. The summed E-state index contributed by atoms with van der Waals surface area (Å²) in [7, 11) is 0. The third-order valence-electron chi connectivity index (χ3n) is 2.93. The highest BCUT2D eigenvalue weighted by molar-refractivity contribution is 7.71. The third-order valence-corrected chi connectivity index (χ3v) is 4.37. The van der Waals surface area contributed by atoms with Gasteiger partial charge in [-0.05, 0) is 31.6 Å².